The van der Waals surface area contributed by atoms with Crippen LogP contribution in [0.4, 0.5) is 0 Å². The number of nitrogens with two attached hydrogens (primary N) is 1. The van der Waals surface area contributed by atoms with E-state index in [0.29, 0.717) is 16.6 Å². The molecule has 0 aromatic carbocycles. The number of amidine groups is 1. The van der Waals surface area contributed by atoms with Crippen molar-refractivity contribution in [1.82, 2.24) is 0 Å². The van der Waals surface area contributed by atoms with Gasteiger partial charge in [-0.15, -0.1) is 0 Å². The van der Waals surface area contributed by atoms with E-state index in [1.165, 1.54) is 7.11 Å². The molecule has 0 saturated heterocycles. The van der Waals surface area contributed by atoms with Crippen LogP contribution in [0.15, 0.2) is 29.1 Å². The molecule has 0 heterocycles. The predicted molar refractivity (Wildman–Crippen MR) is 56.1 cm³/mol. The molecule has 0 aliphatic carbocycles. The lowest BCUT2D eigenvalue weighted by atomic mass is 10.4. The van der Waals surface area contributed by atoms with Crippen molar-refractivity contribution in [2.75, 3.05) is 14.2 Å². The van der Waals surface area contributed by atoms with Crippen LogP contribution in [0.2, 0.25) is 0 Å². The number of ether oxygens (including phenoxy) is 1. The quantitative estimate of drug-likeness (QED) is 0.248. The molecule has 13 heavy (non-hydrogen) atoms. The molecule has 0 bridgehead atoms. The van der Waals surface area contributed by atoms with E-state index < -0.39 is 0 Å². The zero-order valence-electron chi connectivity index (χ0n) is 8.03. The van der Waals surface area contributed by atoms with Crippen molar-refractivity contribution in [2.24, 2.45) is 10.7 Å². The minimum Gasteiger partial charge on any atom is -0.495 e. The molecule has 0 fully saturated rings. The summed E-state index contributed by atoms with van der Waals surface area (Å²) in [6, 6.07) is 0. The minimum atomic E-state index is 0.295. The second-order valence-electron chi connectivity index (χ2n) is 2.00. The van der Waals surface area contributed by atoms with Gasteiger partial charge in [0.1, 0.15) is 11.5 Å². The lowest BCUT2D eigenvalue weighted by Crippen LogP contribution is -2.07. The van der Waals surface area contributed by atoms with Gasteiger partial charge in [-0.3, -0.25) is 0 Å². The molecule has 0 radical (unpaired) electrons. The average molecular weight is 202 g/mol. The van der Waals surface area contributed by atoms with Gasteiger partial charge in [-0.05, 0) is 13.0 Å². The van der Waals surface area contributed by atoms with Crippen LogP contribution in [0.5, 0.6) is 0 Å². The molecule has 74 valence electrons. The lowest BCUT2D eigenvalue weighted by molar-refractivity contribution is 0.299. The van der Waals surface area contributed by atoms with Gasteiger partial charge in [0.2, 0.25) is 0 Å². The zero-order chi connectivity index (χ0) is 10.3. The van der Waals surface area contributed by atoms with E-state index in [1.54, 1.807) is 13.2 Å². The third-order valence-electron chi connectivity index (χ3n) is 1.18. The summed E-state index contributed by atoms with van der Waals surface area (Å²) in [5.41, 5.74) is 5.96. The summed E-state index contributed by atoms with van der Waals surface area (Å²) in [5, 5.41) is 0.295. The normalized spacial score (nSPS) is 12.8. The number of hydrogen-bond acceptors (Lipinski definition) is 4. The van der Waals surface area contributed by atoms with Gasteiger partial charge >= 0.3 is 0 Å². The van der Waals surface area contributed by atoms with Crippen LogP contribution in [0.25, 0.3) is 0 Å². The first-order valence-corrected chi connectivity index (χ1v) is 4.34. The van der Waals surface area contributed by atoms with Crippen LogP contribution < -0.4 is 5.73 Å². The van der Waals surface area contributed by atoms with Gasteiger partial charge in [0.25, 0.3) is 0 Å². The molecule has 0 rings (SSSR count). The highest BCUT2D eigenvalue weighted by atomic mass is 32.2. The van der Waals surface area contributed by atoms with Gasteiger partial charge in [0, 0.05) is 0 Å². The van der Waals surface area contributed by atoms with Crippen LogP contribution in [-0.2, 0) is 8.92 Å². The van der Waals surface area contributed by atoms with Gasteiger partial charge < -0.3 is 14.7 Å². The maximum atomic E-state index is 5.48. The third kappa shape index (κ3) is 4.59. The van der Waals surface area contributed by atoms with Crippen LogP contribution in [0.3, 0.4) is 0 Å². The number of rotatable bonds is 4. The minimum absolute atomic E-state index is 0.295. The number of aliphatic imine (C=N–C) groups is 1. The SMILES string of the molecule is C=C(/N=C(/N)SOC)/C(=C\C)OC. The van der Waals surface area contributed by atoms with Gasteiger partial charge in [-0.25, -0.2) is 4.99 Å². The topological polar surface area (TPSA) is 56.8 Å². The van der Waals surface area contributed by atoms with Gasteiger partial charge in [0.05, 0.1) is 26.3 Å². The molecule has 0 unspecified atom stereocenters. The molecule has 4 nitrogen and oxygen atoms in total. The summed E-state index contributed by atoms with van der Waals surface area (Å²) in [5.74, 6) is 0.597. The average Bonchev–Trinajstić information content (AvgIpc) is 2.06. The largest absolute Gasteiger partial charge is 0.495 e. The molecule has 0 spiro atoms. The van der Waals surface area contributed by atoms with Crippen LogP contribution in [0.1, 0.15) is 6.92 Å². The fourth-order valence-corrected chi connectivity index (χ4v) is 1.01. The van der Waals surface area contributed by atoms with E-state index in [2.05, 4.69) is 11.6 Å². The zero-order valence-corrected chi connectivity index (χ0v) is 8.85. The number of methoxy groups -OCH3 is 1. The Morgan fingerprint density at radius 3 is 2.54 bits per heavy atom. The summed E-state index contributed by atoms with van der Waals surface area (Å²) in [7, 11) is 3.07. The van der Waals surface area contributed by atoms with Crippen molar-refractivity contribution in [3.63, 3.8) is 0 Å². The van der Waals surface area contributed by atoms with E-state index in [9.17, 15) is 0 Å². The maximum Gasteiger partial charge on any atom is 0.186 e. The Hall–Kier alpha value is -0.940. The smallest absolute Gasteiger partial charge is 0.186 e. The summed E-state index contributed by atoms with van der Waals surface area (Å²) >= 11 is 0.982. The van der Waals surface area contributed by atoms with Crippen molar-refractivity contribution in [3.05, 3.63) is 24.1 Å². The standard InChI is InChI=1S/C8H14N2O2S/c1-5-7(11-3)6(2)10-8(9)13-12-4/h5H,2H2,1,3-4H3,(H2,9,10)/b7-5+. The number of allylic oxidation sites excluding steroid dienone is 1. The highest BCUT2D eigenvalue weighted by Gasteiger charge is 2.00. The molecule has 0 atom stereocenters. The summed E-state index contributed by atoms with van der Waals surface area (Å²) < 4.78 is 9.70. The summed E-state index contributed by atoms with van der Waals surface area (Å²) in [6.07, 6.45) is 1.76. The molecule has 0 amide bonds. The Kier molecular flexibility index (Phi) is 6.09. The Morgan fingerprint density at radius 2 is 2.15 bits per heavy atom. The van der Waals surface area contributed by atoms with Crippen LogP contribution >= 0.6 is 12.0 Å². The number of hydrogen-bond donors (Lipinski definition) is 1. The molecule has 0 aliphatic rings. The lowest BCUT2D eigenvalue weighted by Gasteiger charge is -2.04. The van der Waals surface area contributed by atoms with Crippen molar-refractivity contribution in [3.8, 4) is 0 Å². The second-order valence-corrected chi connectivity index (χ2v) is 2.92. The van der Waals surface area contributed by atoms with E-state index >= 15 is 0 Å². The fraction of sp³-hybridized carbons (Fsp3) is 0.375. The van der Waals surface area contributed by atoms with E-state index in [1.807, 2.05) is 6.92 Å². The van der Waals surface area contributed by atoms with Crippen molar-refractivity contribution in [1.29, 1.82) is 0 Å². The molecular weight excluding hydrogens is 188 g/mol. The van der Waals surface area contributed by atoms with Crippen molar-refractivity contribution in [2.45, 2.75) is 6.92 Å². The van der Waals surface area contributed by atoms with Crippen LogP contribution in [0, 0.1) is 0 Å². The van der Waals surface area contributed by atoms with E-state index in [4.69, 9.17) is 14.7 Å². The Labute approximate surface area is 82.7 Å². The molecule has 2 N–H and O–H groups in total. The molecule has 5 heteroatoms. The maximum absolute atomic E-state index is 5.48. The Bertz CT molecular complexity index is 236. The first-order chi connectivity index (χ1) is 6.15. The molecular formula is C8H14N2O2S. The highest BCUT2D eigenvalue weighted by molar-refractivity contribution is 8.09. The van der Waals surface area contributed by atoms with Crippen molar-refractivity contribution < 1.29 is 8.92 Å². The first kappa shape index (κ1) is 12.1. The monoisotopic (exact) mass is 202 g/mol. The number of nitrogens with zero attached hydrogens (tertiary/aromatic N) is 1. The fourth-order valence-electron chi connectivity index (χ4n) is 0.694. The predicted octanol–water partition coefficient (Wildman–Crippen LogP) is 1.66. The second kappa shape index (κ2) is 6.56. The Morgan fingerprint density at radius 1 is 1.54 bits per heavy atom. The van der Waals surface area contributed by atoms with Crippen LogP contribution in [-0.4, -0.2) is 19.4 Å². The highest BCUT2D eigenvalue weighted by Crippen LogP contribution is 2.11. The molecule has 0 aromatic rings. The molecule has 0 saturated carbocycles. The van der Waals surface area contributed by atoms with Gasteiger partial charge in [0.15, 0.2) is 5.17 Å². The first-order valence-electron chi connectivity index (χ1n) is 3.60. The van der Waals surface area contributed by atoms with E-state index in [0.717, 1.165) is 12.0 Å². The van der Waals surface area contributed by atoms with E-state index in [-0.39, 0.29) is 0 Å². The van der Waals surface area contributed by atoms with Gasteiger partial charge in [-0.2, -0.15) is 0 Å². The Balaban J connectivity index is 4.36. The van der Waals surface area contributed by atoms with Gasteiger partial charge in [-0.1, -0.05) is 6.58 Å². The molecule has 0 aromatic heterocycles. The molecule has 0 aliphatic heterocycles. The van der Waals surface area contributed by atoms with Crippen molar-refractivity contribution >= 4 is 17.2 Å². The summed E-state index contributed by atoms with van der Waals surface area (Å²) in [4.78, 5) is 3.95. The summed E-state index contributed by atoms with van der Waals surface area (Å²) in [6.45, 7) is 5.52. The third-order valence-corrected chi connectivity index (χ3v) is 1.61.